The number of aryl methyl sites for hydroxylation is 1. The van der Waals surface area contributed by atoms with Crippen molar-refractivity contribution in [2.75, 3.05) is 45.0 Å². The first-order valence-corrected chi connectivity index (χ1v) is 8.71. The molecule has 0 atom stereocenters. The Morgan fingerprint density at radius 3 is 2.21 bits per heavy atom. The Balaban J connectivity index is 1.80. The van der Waals surface area contributed by atoms with Crippen LogP contribution in [0.4, 0.5) is 10.5 Å². The number of amides is 3. The van der Waals surface area contributed by atoms with Crippen molar-refractivity contribution >= 4 is 17.6 Å². The van der Waals surface area contributed by atoms with Crippen molar-refractivity contribution in [3.8, 4) is 0 Å². The van der Waals surface area contributed by atoms with Crippen molar-refractivity contribution < 1.29 is 9.59 Å². The first-order valence-electron chi connectivity index (χ1n) is 8.71. The summed E-state index contributed by atoms with van der Waals surface area (Å²) in [6, 6.07) is 7.73. The minimum Gasteiger partial charge on any atom is -0.399 e. The van der Waals surface area contributed by atoms with Crippen LogP contribution in [0.2, 0.25) is 0 Å². The molecular formula is C18H28N4O2. The Kier molecular flexibility index (Phi) is 6.46. The van der Waals surface area contributed by atoms with E-state index in [0.29, 0.717) is 52.1 Å². The molecule has 1 aliphatic rings. The summed E-state index contributed by atoms with van der Waals surface area (Å²) in [4.78, 5) is 30.2. The smallest absolute Gasteiger partial charge is 0.320 e. The SMILES string of the molecule is CCN(CC)C(=O)N1CCN(C(=O)CCc2ccccc2N)CC1. The molecule has 0 saturated carbocycles. The summed E-state index contributed by atoms with van der Waals surface area (Å²) in [6.07, 6.45) is 1.11. The summed E-state index contributed by atoms with van der Waals surface area (Å²) in [5.41, 5.74) is 7.67. The van der Waals surface area contributed by atoms with E-state index in [9.17, 15) is 9.59 Å². The maximum atomic E-state index is 12.4. The summed E-state index contributed by atoms with van der Waals surface area (Å²) in [5, 5.41) is 0. The molecule has 1 heterocycles. The van der Waals surface area contributed by atoms with Crippen molar-refractivity contribution in [2.24, 2.45) is 0 Å². The third-order valence-electron chi connectivity index (χ3n) is 4.60. The van der Waals surface area contributed by atoms with Gasteiger partial charge in [-0.05, 0) is 31.9 Å². The fraction of sp³-hybridized carbons (Fsp3) is 0.556. The van der Waals surface area contributed by atoms with Gasteiger partial charge in [0, 0.05) is 51.4 Å². The molecule has 1 aliphatic heterocycles. The summed E-state index contributed by atoms with van der Waals surface area (Å²) >= 11 is 0. The van der Waals surface area contributed by atoms with Gasteiger partial charge in [-0.2, -0.15) is 0 Å². The number of nitrogens with zero attached hydrogens (tertiary/aromatic N) is 3. The standard InChI is InChI=1S/C18H28N4O2/c1-3-20(4-2)18(24)22-13-11-21(12-14-22)17(23)10-9-15-7-5-6-8-16(15)19/h5-8H,3-4,9-14,19H2,1-2H3. The Labute approximate surface area is 144 Å². The summed E-state index contributed by atoms with van der Waals surface area (Å²) in [5.74, 6) is 0.133. The molecule has 0 unspecified atom stereocenters. The molecule has 3 amide bonds. The second kappa shape index (κ2) is 8.57. The van der Waals surface area contributed by atoms with Gasteiger partial charge >= 0.3 is 6.03 Å². The molecule has 1 aromatic carbocycles. The zero-order chi connectivity index (χ0) is 17.5. The molecule has 24 heavy (non-hydrogen) atoms. The van der Waals surface area contributed by atoms with Gasteiger partial charge in [0.1, 0.15) is 0 Å². The molecule has 0 radical (unpaired) electrons. The number of nitrogen functional groups attached to an aromatic ring is 1. The van der Waals surface area contributed by atoms with Gasteiger partial charge in [0.15, 0.2) is 0 Å². The van der Waals surface area contributed by atoms with Gasteiger partial charge in [-0.25, -0.2) is 4.79 Å². The van der Waals surface area contributed by atoms with Gasteiger partial charge in [-0.3, -0.25) is 4.79 Å². The highest BCUT2D eigenvalue weighted by atomic mass is 16.2. The average molecular weight is 332 g/mol. The van der Waals surface area contributed by atoms with Gasteiger partial charge < -0.3 is 20.4 Å². The first-order chi connectivity index (χ1) is 11.6. The van der Waals surface area contributed by atoms with Crippen LogP contribution in [-0.4, -0.2) is 65.9 Å². The fourth-order valence-electron chi connectivity index (χ4n) is 3.00. The van der Waals surface area contributed by atoms with Gasteiger partial charge in [-0.1, -0.05) is 18.2 Å². The van der Waals surface area contributed by atoms with E-state index in [2.05, 4.69) is 0 Å². The number of urea groups is 1. The lowest BCUT2D eigenvalue weighted by molar-refractivity contribution is -0.132. The zero-order valence-electron chi connectivity index (χ0n) is 14.7. The lowest BCUT2D eigenvalue weighted by Gasteiger charge is -2.37. The van der Waals surface area contributed by atoms with Crippen LogP contribution in [0.5, 0.6) is 0 Å². The highest BCUT2D eigenvalue weighted by Gasteiger charge is 2.25. The van der Waals surface area contributed by atoms with Gasteiger partial charge in [-0.15, -0.1) is 0 Å². The van der Waals surface area contributed by atoms with Crippen molar-refractivity contribution in [3.63, 3.8) is 0 Å². The molecule has 0 spiro atoms. The van der Waals surface area contributed by atoms with Crippen molar-refractivity contribution in [3.05, 3.63) is 29.8 Å². The number of rotatable bonds is 5. The van der Waals surface area contributed by atoms with E-state index in [-0.39, 0.29) is 11.9 Å². The Morgan fingerprint density at radius 2 is 1.62 bits per heavy atom. The van der Waals surface area contributed by atoms with Crippen molar-refractivity contribution in [1.29, 1.82) is 0 Å². The molecule has 0 aliphatic carbocycles. The predicted molar refractivity (Wildman–Crippen MR) is 95.6 cm³/mol. The van der Waals surface area contributed by atoms with Gasteiger partial charge in [0.2, 0.25) is 5.91 Å². The minimum absolute atomic E-state index is 0.0733. The maximum Gasteiger partial charge on any atom is 0.320 e. The van der Waals surface area contributed by atoms with Gasteiger partial charge in [0.05, 0.1) is 0 Å². The Bertz CT molecular complexity index is 564. The second-order valence-corrected chi connectivity index (χ2v) is 6.02. The molecule has 1 fully saturated rings. The van der Waals surface area contributed by atoms with Crippen molar-refractivity contribution in [2.45, 2.75) is 26.7 Å². The fourth-order valence-corrected chi connectivity index (χ4v) is 3.00. The lowest BCUT2D eigenvalue weighted by Crippen LogP contribution is -2.54. The second-order valence-electron chi connectivity index (χ2n) is 6.02. The number of carbonyl (C=O) groups excluding carboxylic acids is 2. The molecule has 2 N–H and O–H groups in total. The van der Waals surface area contributed by atoms with Crippen LogP contribution in [0.25, 0.3) is 0 Å². The summed E-state index contributed by atoms with van der Waals surface area (Å²) in [7, 11) is 0. The number of piperazine rings is 1. The van der Waals surface area contributed by atoms with E-state index in [1.165, 1.54) is 0 Å². The third-order valence-corrected chi connectivity index (χ3v) is 4.60. The number of anilines is 1. The minimum atomic E-state index is 0.0733. The number of para-hydroxylation sites is 1. The monoisotopic (exact) mass is 332 g/mol. The first kappa shape index (κ1) is 18.1. The molecule has 1 aromatic rings. The normalized spacial score (nSPS) is 14.6. The number of nitrogens with two attached hydrogens (primary N) is 1. The molecule has 1 saturated heterocycles. The van der Waals surface area contributed by atoms with E-state index in [1.807, 2.05) is 52.8 Å². The number of hydrogen-bond donors (Lipinski definition) is 1. The van der Waals surface area contributed by atoms with Crippen LogP contribution in [0.15, 0.2) is 24.3 Å². The van der Waals surface area contributed by atoms with Crippen molar-refractivity contribution in [1.82, 2.24) is 14.7 Å². The quantitative estimate of drug-likeness (QED) is 0.836. The summed E-state index contributed by atoms with van der Waals surface area (Å²) in [6.45, 7) is 7.82. The molecule has 2 rings (SSSR count). The van der Waals surface area contributed by atoms with Crippen LogP contribution in [-0.2, 0) is 11.2 Å². The molecule has 6 heteroatoms. The van der Waals surface area contributed by atoms with Gasteiger partial charge in [0.25, 0.3) is 0 Å². The molecule has 0 bridgehead atoms. The molecule has 6 nitrogen and oxygen atoms in total. The average Bonchev–Trinajstić information content (AvgIpc) is 2.62. The highest BCUT2D eigenvalue weighted by molar-refractivity contribution is 5.78. The van der Waals surface area contributed by atoms with Crippen LogP contribution >= 0.6 is 0 Å². The Morgan fingerprint density at radius 1 is 1.04 bits per heavy atom. The van der Waals surface area contributed by atoms with E-state index < -0.39 is 0 Å². The third kappa shape index (κ3) is 4.40. The van der Waals surface area contributed by atoms with E-state index in [0.717, 1.165) is 11.3 Å². The topological polar surface area (TPSA) is 69.9 Å². The van der Waals surface area contributed by atoms with Crippen LogP contribution in [0, 0.1) is 0 Å². The summed E-state index contributed by atoms with van der Waals surface area (Å²) < 4.78 is 0. The van der Waals surface area contributed by atoms with Crippen LogP contribution in [0.1, 0.15) is 25.8 Å². The predicted octanol–water partition coefficient (Wildman–Crippen LogP) is 1.81. The van der Waals surface area contributed by atoms with Crippen LogP contribution in [0.3, 0.4) is 0 Å². The largest absolute Gasteiger partial charge is 0.399 e. The number of hydrogen-bond acceptors (Lipinski definition) is 3. The van der Waals surface area contributed by atoms with E-state index in [4.69, 9.17) is 5.73 Å². The molecular weight excluding hydrogens is 304 g/mol. The number of carbonyl (C=O) groups is 2. The highest BCUT2D eigenvalue weighted by Crippen LogP contribution is 2.14. The lowest BCUT2D eigenvalue weighted by atomic mass is 10.1. The van der Waals surface area contributed by atoms with E-state index >= 15 is 0 Å². The molecule has 0 aromatic heterocycles. The zero-order valence-corrected chi connectivity index (χ0v) is 14.7. The van der Waals surface area contributed by atoms with Crippen LogP contribution < -0.4 is 5.73 Å². The maximum absolute atomic E-state index is 12.4. The van der Waals surface area contributed by atoms with E-state index in [1.54, 1.807) is 0 Å². The Hall–Kier alpha value is -2.24. The molecule has 132 valence electrons. The number of benzene rings is 1.